The van der Waals surface area contributed by atoms with Gasteiger partial charge in [-0.1, -0.05) is 6.92 Å². The lowest BCUT2D eigenvalue weighted by Crippen LogP contribution is -2.37. The molecule has 0 aliphatic rings. The molecular formula is C12H21N3S2. The van der Waals surface area contributed by atoms with Crippen molar-refractivity contribution in [2.45, 2.75) is 19.9 Å². The first-order valence-electron chi connectivity index (χ1n) is 5.81. The van der Waals surface area contributed by atoms with E-state index < -0.39 is 0 Å². The van der Waals surface area contributed by atoms with Gasteiger partial charge in [0.15, 0.2) is 5.96 Å². The van der Waals surface area contributed by atoms with Gasteiger partial charge in [-0.2, -0.15) is 11.8 Å². The molecule has 0 fully saturated rings. The number of rotatable bonds is 6. The number of guanidine groups is 1. The van der Waals surface area contributed by atoms with Gasteiger partial charge in [-0.05, 0) is 24.8 Å². The molecule has 0 aliphatic heterocycles. The van der Waals surface area contributed by atoms with E-state index in [-0.39, 0.29) is 0 Å². The van der Waals surface area contributed by atoms with Crippen LogP contribution in [0.15, 0.2) is 17.1 Å². The molecule has 0 spiro atoms. The standard InChI is InChI=1S/C12H21N3S2/c1-4-10-5-6-11(17-10)9-15-12(13-2)14-7-8-16-3/h5-6H,4,7-9H2,1-3H3,(H2,13,14,15). The average Bonchev–Trinajstić information content (AvgIpc) is 2.81. The summed E-state index contributed by atoms with van der Waals surface area (Å²) < 4.78 is 0. The molecule has 5 heteroatoms. The summed E-state index contributed by atoms with van der Waals surface area (Å²) in [7, 11) is 1.81. The van der Waals surface area contributed by atoms with Crippen LogP contribution in [-0.2, 0) is 13.0 Å². The Morgan fingerprint density at radius 2 is 2.12 bits per heavy atom. The molecule has 2 N–H and O–H groups in total. The maximum atomic E-state index is 4.19. The van der Waals surface area contributed by atoms with Crippen molar-refractivity contribution >= 4 is 29.1 Å². The van der Waals surface area contributed by atoms with Crippen LogP contribution in [0.2, 0.25) is 0 Å². The number of nitrogens with one attached hydrogen (secondary N) is 2. The predicted octanol–water partition coefficient (Wildman–Crippen LogP) is 2.34. The van der Waals surface area contributed by atoms with Gasteiger partial charge >= 0.3 is 0 Å². The van der Waals surface area contributed by atoms with E-state index in [1.165, 1.54) is 9.75 Å². The third-order valence-electron chi connectivity index (χ3n) is 2.32. The van der Waals surface area contributed by atoms with Crippen molar-refractivity contribution in [3.8, 4) is 0 Å². The van der Waals surface area contributed by atoms with Crippen LogP contribution in [0.25, 0.3) is 0 Å². The average molecular weight is 271 g/mol. The third-order valence-corrected chi connectivity index (χ3v) is 4.16. The zero-order chi connectivity index (χ0) is 12.5. The van der Waals surface area contributed by atoms with Crippen molar-refractivity contribution in [1.82, 2.24) is 10.6 Å². The fourth-order valence-electron chi connectivity index (χ4n) is 1.37. The van der Waals surface area contributed by atoms with Crippen LogP contribution < -0.4 is 10.6 Å². The smallest absolute Gasteiger partial charge is 0.191 e. The van der Waals surface area contributed by atoms with E-state index in [0.717, 1.165) is 31.2 Å². The Labute approximate surface area is 112 Å². The first kappa shape index (κ1) is 14.4. The Morgan fingerprint density at radius 3 is 2.71 bits per heavy atom. The number of aliphatic imine (C=N–C) groups is 1. The Morgan fingerprint density at radius 1 is 1.35 bits per heavy atom. The summed E-state index contributed by atoms with van der Waals surface area (Å²) >= 11 is 3.70. The minimum atomic E-state index is 0.851. The molecule has 0 saturated heterocycles. The molecule has 0 saturated carbocycles. The van der Waals surface area contributed by atoms with Crippen molar-refractivity contribution in [3.05, 3.63) is 21.9 Å². The summed E-state index contributed by atoms with van der Waals surface area (Å²) in [5.41, 5.74) is 0. The summed E-state index contributed by atoms with van der Waals surface area (Å²) in [5, 5.41) is 6.61. The third kappa shape index (κ3) is 5.46. The molecule has 0 aromatic carbocycles. The van der Waals surface area contributed by atoms with Crippen molar-refractivity contribution in [1.29, 1.82) is 0 Å². The van der Waals surface area contributed by atoms with E-state index in [0.29, 0.717) is 0 Å². The van der Waals surface area contributed by atoms with Crippen molar-refractivity contribution in [2.75, 3.05) is 25.6 Å². The van der Waals surface area contributed by atoms with Gasteiger partial charge in [0, 0.05) is 29.1 Å². The van der Waals surface area contributed by atoms with Crippen molar-refractivity contribution in [2.24, 2.45) is 4.99 Å². The van der Waals surface area contributed by atoms with E-state index in [1.807, 2.05) is 23.1 Å². The van der Waals surface area contributed by atoms with Gasteiger partial charge in [-0.15, -0.1) is 11.3 Å². The zero-order valence-corrected chi connectivity index (χ0v) is 12.4. The minimum Gasteiger partial charge on any atom is -0.356 e. The number of nitrogens with zero attached hydrogens (tertiary/aromatic N) is 1. The van der Waals surface area contributed by atoms with Gasteiger partial charge in [0.2, 0.25) is 0 Å². The van der Waals surface area contributed by atoms with Crippen LogP contribution in [0, 0.1) is 0 Å². The highest BCUT2D eigenvalue weighted by atomic mass is 32.2. The highest BCUT2D eigenvalue weighted by molar-refractivity contribution is 7.98. The van der Waals surface area contributed by atoms with Gasteiger partial charge < -0.3 is 10.6 Å². The van der Waals surface area contributed by atoms with E-state index in [2.05, 4.69) is 40.9 Å². The molecule has 0 amide bonds. The van der Waals surface area contributed by atoms with Gasteiger partial charge in [0.25, 0.3) is 0 Å². The second-order valence-electron chi connectivity index (χ2n) is 3.57. The monoisotopic (exact) mass is 271 g/mol. The molecule has 1 rings (SSSR count). The van der Waals surface area contributed by atoms with Crippen LogP contribution in [0.1, 0.15) is 16.7 Å². The summed E-state index contributed by atoms with van der Waals surface area (Å²) in [6, 6.07) is 4.39. The van der Waals surface area contributed by atoms with Gasteiger partial charge in [-0.3, -0.25) is 4.99 Å². The second-order valence-corrected chi connectivity index (χ2v) is 5.81. The van der Waals surface area contributed by atoms with Crippen molar-refractivity contribution < 1.29 is 0 Å². The molecule has 0 radical (unpaired) electrons. The molecule has 0 unspecified atom stereocenters. The Hall–Kier alpha value is -0.680. The largest absolute Gasteiger partial charge is 0.356 e. The van der Waals surface area contributed by atoms with E-state index in [4.69, 9.17) is 0 Å². The van der Waals surface area contributed by atoms with E-state index >= 15 is 0 Å². The van der Waals surface area contributed by atoms with Gasteiger partial charge in [0.1, 0.15) is 0 Å². The maximum absolute atomic E-state index is 4.19. The summed E-state index contributed by atoms with van der Waals surface area (Å²) in [5.74, 6) is 1.98. The quantitative estimate of drug-likeness (QED) is 0.474. The van der Waals surface area contributed by atoms with Gasteiger partial charge in [0.05, 0.1) is 6.54 Å². The number of thiophene rings is 1. The second kappa shape index (κ2) is 8.42. The van der Waals surface area contributed by atoms with E-state index in [9.17, 15) is 0 Å². The van der Waals surface area contributed by atoms with Crippen LogP contribution >= 0.6 is 23.1 Å². The highest BCUT2D eigenvalue weighted by Crippen LogP contribution is 2.16. The molecule has 0 atom stereocenters. The van der Waals surface area contributed by atoms with Crippen LogP contribution in [0.4, 0.5) is 0 Å². The number of hydrogen-bond donors (Lipinski definition) is 2. The first-order chi connectivity index (χ1) is 8.30. The molecule has 1 aromatic rings. The molecule has 1 aromatic heterocycles. The lowest BCUT2D eigenvalue weighted by molar-refractivity contribution is 0.842. The molecular weight excluding hydrogens is 250 g/mol. The molecule has 17 heavy (non-hydrogen) atoms. The van der Waals surface area contributed by atoms with Crippen LogP contribution in [0.3, 0.4) is 0 Å². The number of hydrogen-bond acceptors (Lipinski definition) is 3. The normalized spacial score (nSPS) is 11.6. The zero-order valence-electron chi connectivity index (χ0n) is 10.7. The lowest BCUT2D eigenvalue weighted by Gasteiger charge is -2.10. The SMILES string of the molecule is CCc1ccc(CNC(=NC)NCCSC)s1. The topological polar surface area (TPSA) is 36.4 Å². The van der Waals surface area contributed by atoms with Crippen LogP contribution in [0.5, 0.6) is 0 Å². The fraction of sp³-hybridized carbons (Fsp3) is 0.583. The Kier molecular flexibility index (Phi) is 7.12. The highest BCUT2D eigenvalue weighted by Gasteiger charge is 2.00. The maximum Gasteiger partial charge on any atom is 0.191 e. The Bertz CT molecular complexity index is 347. The predicted molar refractivity (Wildman–Crippen MR) is 80.3 cm³/mol. The summed E-state index contributed by atoms with van der Waals surface area (Å²) in [4.78, 5) is 6.99. The number of aryl methyl sites for hydroxylation is 1. The summed E-state index contributed by atoms with van der Waals surface area (Å²) in [6.45, 7) is 3.99. The molecule has 0 aliphatic carbocycles. The molecule has 0 bridgehead atoms. The summed E-state index contributed by atoms with van der Waals surface area (Å²) in [6.07, 6.45) is 3.22. The van der Waals surface area contributed by atoms with Crippen molar-refractivity contribution in [3.63, 3.8) is 0 Å². The molecule has 1 heterocycles. The van der Waals surface area contributed by atoms with E-state index in [1.54, 1.807) is 7.05 Å². The molecule has 96 valence electrons. The lowest BCUT2D eigenvalue weighted by atomic mass is 10.4. The molecule has 3 nitrogen and oxygen atoms in total. The first-order valence-corrected chi connectivity index (χ1v) is 8.02. The number of thioether (sulfide) groups is 1. The van der Waals surface area contributed by atoms with Gasteiger partial charge in [-0.25, -0.2) is 0 Å². The minimum absolute atomic E-state index is 0.851. The Balaban J connectivity index is 2.32. The van der Waals surface area contributed by atoms with Crippen LogP contribution in [-0.4, -0.2) is 31.6 Å². The fourth-order valence-corrected chi connectivity index (χ4v) is 2.57.